The van der Waals surface area contributed by atoms with Gasteiger partial charge < -0.3 is 14.8 Å². The maximum Gasteiger partial charge on any atom is 0.260 e. The molecule has 0 unspecified atom stereocenters. The Bertz CT molecular complexity index is 1100. The number of methoxy groups -OCH3 is 2. The molecule has 3 aromatic rings. The molecule has 0 saturated heterocycles. The molecule has 4 rings (SSSR count). The number of hydrogen-bond donors (Lipinski definition) is 1. The van der Waals surface area contributed by atoms with E-state index in [-0.39, 0.29) is 24.8 Å². The molecule has 7 heteroatoms. The van der Waals surface area contributed by atoms with Crippen molar-refractivity contribution in [3.05, 3.63) is 83.7 Å². The van der Waals surface area contributed by atoms with Gasteiger partial charge in [0.2, 0.25) is 5.91 Å². The van der Waals surface area contributed by atoms with Crippen LogP contribution >= 0.6 is 0 Å². The summed E-state index contributed by atoms with van der Waals surface area (Å²) in [7, 11) is 3.13. The molecule has 31 heavy (non-hydrogen) atoms. The molecule has 2 heterocycles. The Morgan fingerprint density at radius 1 is 1.03 bits per heavy atom. The van der Waals surface area contributed by atoms with E-state index in [9.17, 15) is 9.59 Å². The summed E-state index contributed by atoms with van der Waals surface area (Å²) in [6, 6.07) is 17.9. The van der Waals surface area contributed by atoms with Crippen molar-refractivity contribution in [1.82, 2.24) is 10.3 Å². The maximum absolute atomic E-state index is 13.0. The smallest absolute Gasteiger partial charge is 0.260 e. The van der Waals surface area contributed by atoms with Crippen molar-refractivity contribution in [1.29, 1.82) is 0 Å². The number of hydrogen-bond acceptors (Lipinski definition) is 5. The van der Waals surface area contributed by atoms with Crippen molar-refractivity contribution in [3.63, 3.8) is 0 Å². The van der Waals surface area contributed by atoms with Crippen LogP contribution in [-0.4, -0.2) is 31.0 Å². The molecule has 2 amide bonds. The van der Waals surface area contributed by atoms with Gasteiger partial charge in [0.05, 0.1) is 37.9 Å². The fraction of sp³-hybridized carbons (Fsp3) is 0.208. The topological polar surface area (TPSA) is 80.8 Å². The van der Waals surface area contributed by atoms with Crippen molar-refractivity contribution in [2.24, 2.45) is 0 Å². The number of nitrogens with one attached hydrogen (secondary N) is 1. The molecule has 0 radical (unpaired) electrons. The van der Waals surface area contributed by atoms with Crippen LogP contribution in [0.4, 0.5) is 5.69 Å². The van der Waals surface area contributed by atoms with Gasteiger partial charge in [-0.2, -0.15) is 0 Å². The Kier molecular flexibility index (Phi) is 5.84. The van der Waals surface area contributed by atoms with Gasteiger partial charge in [0.15, 0.2) is 11.5 Å². The van der Waals surface area contributed by atoms with E-state index in [4.69, 9.17) is 9.47 Å². The van der Waals surface area contributed by atoms with Gasteiger partial charge in [-0.15, -0.1) is 0 Å². The van der Waals surface area contributed by atoms with Gasteiger partial charge >= 0.3 is 0 Å². The highest BCUT2D eigenvalue weighted by Crippen LogP contribution is 2.38. The number of carbonyl (C=O) groups excluding carboxylic acids is 2. The molecule has 0 bridgehead atoms. The predicted octanol–water partition coefficient (Wildman–Crippen LogP) is 3.51. The summed E-state index contributed by atoms with van der Waals surface area (Å²) in [4.78, 5) is 32.0. The molecular formula is C24H23N3O4. The molecule has 158 valence electrons. The highest BCUT2D eigenvalue weighted by atomic mass is 16.5. The van der Waals surface area contributed by atoms with E-state index >= 15 is 0 Å². The van der Waals surface area contributed by atoms with Crippen LogP contribution in [0.5, 0.6) is 11.5 Å². The fourth-order valence-electron chi connectivity index (χ4n) is 3.87. The number of pyridine rings is 1. The number of anilines is 1. The van der Waals surface area contributed by atoms with Crippen molar-refractivity contribution < 1.29 is 19.1 Å². The SMILES string of the molecule is COc1cccc(CNC(=O)C[C@@H]2c3ncccc3C(=O)N2c2ccccc2)c1OC. The first-order valence-corrected chi connectivity index (χ1v) is 9.94. The zero-order valence-electron chi connectivity index (χ0n) is 17.4. The van der Waals surface area contributed by atoms with Gasteiger partial charge in [-0.3, -0.25) is 19.5 Å². The molecule has 1 aliphatic heterocycles. The number of rotatable bonds is 7. The van der Waals surface area contributed by atoms with E-state index in [0.717, 1.165) is 11.3 Å². The van der Waals surface area contributed by atoms with Crippen LogP contribution < -0.4 is 19.7 Å². The zero-order chi connectivity index (χ0) is 21.8. The molecule has 7 nitrogen and oxygen atoms in total. The molecule has 0 saturated carbocycles. The number of amides is 2. The molecular weight excluding hydrogens is 394 g/mol. The van der Waals surface area contributed by atoms with Crippen LogP contribution in [0.2, 0.25) is 0 Å². The largest absolute Gasteiger partial charge is 0.493 e. The molecule has 0 aliphatic carbocycles. The van der Waals surface area contributed by atoms with Gasteiger partial charge in [-0.25, -0.2) is 0 Å². The number of ether oxygens (including phenoxy) is 2. The minimum Gasteiger partial charge on any atom is -0.493 e. The fourth-order valence-corrected chi connectivity index (χ4v) is 3.87. The van der Waals surface area contributed by atoms with Gasteiger partial charge in [0.25, 0.3) is 5.91 Å². The summed E-state index contributed by atoms with van der Waals surface area (Å²) in [5.41, 5.74) is 2.68. The molecule has 1 atom stereocenters. The van der Waals surface area contributed by atoms with Crippen molar-refractivity contribution in [2.45, 2.75) is 19.0 Å². The first-order valence-electron chi connectivity index (χ1n) is 9.94. The number of nitrogens with zero attached hydrogens (tertiary/aromatic N) is 2. The highest BCUT2D eigenvalue weighted by Gasteiger charge is 2.39. The number of benzene rings is 2. The van der Waals surface area contributed by atoms with Crippen LogP contribution in [-0.2, 0) is 11.3 Å². The molecule has 2 aromatic carbocycles. The van der Waals surface area contributed by atoms with E-state index in [1.165, 1.54) is 0 Å². The van der Waals surface area contributed by atoms with Crippen LogP contribution in [0.25, 0.3) is 0 Å². The number of para-hydroxylation sites is 2. The van der Waals surface area contributed by atoms with Gasteiger partial charge in [0, 0.05) is 24.0 Å². The second-order valence-electron chi connectivity index (χ2n) is 7.10. The maximum atomic E-state index is 13.0. The molecule has 0 spiro atoms. The third-order valence-corrected chi connectivity index (χ3v) is 5.29. The lowest BCUT2D eigenvalue weighted by molar-refractivity contribution is -0.121. The average Bonchev–Trinajstić information content (AvgIpc) is 3.09. The minimum atomic E-state index is -0.474. The summed E-state index contributed by atoms with van der Waals surface area (Å²) in [5, 5.41) is 2.93. The lowest BCUT2D eigenvalue weighted by atomic mass is 10.1. The van der Waals surface area contributed by atoms with Gasteiger partial charge in [-0.05, 0) is 30.3 Å². The summed E-state index contributed by atoms with van der Waals surface area (Å²) in [5.74, 6) is 0.840. The summed E-state index contributed by atoms with van der Waals surface area (Å²) < 4.78 is 10.7. The Morgan fingerprint density at radius 2 is 1.84 bits per heavy atom. The lowest BCUT2D eigenvalue weighted by Crippen LogP contribution is -2.33. The summed E-state index contributed by atoms with van der Waals surface area (Å²) in [6.45, 7) is 0.278. The average molecular weight is 417 g/mol. The number of aromatic nitrogens is 1. The Balaban J connectivity index is 1.54. The third kappa shape index (κ3) is 3.94. The second kappa shape index (κ2) is 8.87. The molecule has 1 aliphatic rings. The van der Waals surface area contributed by atoms with E-state index in [0.29, 0.717) is 22.8 Å². The Hall–Kier alpha value is -3.87. The Labute approximate surface area is 180 Å². The van der Waals surface area contributed by atoms with E-state index in [2.05, 4.69) is 10.3 Å². The van der Waals surface area contributed by atoms with E-state index in [1.54, 1.807) is 43.5 Å². The van der Waals surface area contributed by atoms with E-state index in [1.807, 2.05) is 42.5 Å². The normalized spacial score (nSPS) is 14.8. The van der Waals surface area contributed by atoms with Crippen LogP contribution in [0, 0.1) is 0 Å². The van der Waals surface area contributed by atoms with Gasteiger partial charge in [0.1, 0.15) is 0 Å². The zero-order valence-corrected chi connectivity index (χ0v) is 17.4. The summed E-state index contributed by atoms with van der Waals surface area (Å²) in [6.07, 6.45) is 1.74. The van der Waals surface area contributed by atoms with Crippen LogP contribution in [0.1, 0.15) is 34.1 Å². The first-order chi connectivity index (χ1) is 15.1. The standard InChI is InChI=1S/C24H23N3O4/c1-30-20-12-6-8-16(23(20)31-2)15-26-21(28)14-19-22-18(11-7-13-25-22)24(29)27(19)17-9-4-3-5-10-17/h3-13,19H,14-15H2,1-2H3,(H,26,28)/t19-/m1/s1. The number of carbonyl (C=O) groups is 2. The summed E-state index contributed by atoms with van der Waals surface area (Å²) >= 11 is 0. The predicted molar refractivity (Wildman–Crippen MR) is 116 cm³/mol. The second-order valence-corrected chi connectivity index (χ2v) is 7.10. The van der Waals surface area contributed by atoms with E-state index < -0.39 is 6.04 Å². The molecule has 1 aromatic heterocycles. The molecule has 1 N–H and O–H groups in total. The van der Waals surface area contributed by atoms with Crippen LogP contribution in [0.15, 0.2) is 66.9 Å². The minimum absolute atomic E-state index is 0.0942. The first kappa shape index (κ1) is 20.4. The van der Waals surface area contributed by atoms with Crippen molar-refractivity contribution in [3.8, 4) is 11.5 Å². The third-order valence-electron chi connectivity index (χ3n) is 5.29. The molecule has 0 fully saturated rings. The van der Waals surface area contributed by atoms with Crippen LogP contribution in [0.3, 0.4) is 0 Å². The lowest BCUT2D eigenvalue weighted by Gasteiger charge is -2.24. The number of fused-ring (bicyclic) bond motifs is 1. The van der Waals surface area contributed by atoms with Crippen molar-refractivity contribution >= 4 is 17.5 Å². The Morgan fingerprint density at radius 3 is 2.58 bits per heavy atom. The monoisotopic (exact) mass is 417 g/mol. The quantitative estimate of drug-likeness (QED) is 0.636. The highest BCUT2D eigenvalue weighted by molar-refractivity contribution is 6.11. The van der Waals surface area contributed by atoms with Crippen molar-refractivity contribution in [2.75, 3.05) is 19.1 Å². The van der Waals surface area contributed by atoms with Gasteiger partial charge in [-0.1, -0.05) is 30.3 Å².